The summed E-state index contributed by atoms with van der Waals surface area (Å²) in [5.74, 6) is -2.29. The third-order valence-corrected chi connectivity index (χ3v) is 5.38. The van der Waals surface area contributed by atoms with Crippen LogP contribution in [-0.4, -0.2) is 51.3 Å². The van der Waals surface area contributed by atoms with Crippen molar-refractivity contribution in [1.82, 2.24) is 9.47 Å². The Kier molecular flexibility index (Phi) is 5.60. The topological polar surface area (TPSA) is 106 Å². The van der Waals surface area contributed by atoms with Gasteiger partial charge in [0.15, 0.2) is 0 Å². The first-order chi connectivity index (χ1) is 13.7. The van der Waals surface area contributed by atoms with Gasteiger partial charge in [0.1, 0.15) is 6.54 Å². The summed E-state index contributed by atoms with van der Waals surface area (Å²) in [6.07, 6.45) is 1.59. The number of hydrogen-bond acceptors (Lipinski definition) is 6. The third-order valence-electron chi connectivity index (χ3n) is 4.47. The number of imide groups is 1. The first kappa shape index (κ1) is 20.4. The lowest BCUT2D eigenvalue weighted by Gasteiger charge is -2.10. The van der Waals surface area contributed by atoms with E-state index in [9.17, 15) is 19.2 Å². The molecular weight excluding hydrogens is 396 g/mol. The maximum absolute atomic E-state index is 12.4. The maximum Gasteiger partial charge on any atom is 0.337 e. The molecule has 0 radical (unpaired) electrons. The van der Waals surface area contributed by atoms with Gasteiger partial charge in [-0.3, -0.25) is 19.3 Å². The summed E-state index contributed by atoms with van der Waals surface area (Å²) >= 11 is 0.720. The van der Waals surface area contributed by atoms with E-state index in [2.05, 4.69) is 0 Å². The molecule has 8 nitrogen and oxygen atoms in total. The predicted molar refractivity (Wildman–Crippen MR) is 107 cm³/mol. The standard InChI is InChI=1S/C20H18N2O6S/c1-11-8-14(9-16-18(25)21(10-17(23)24)20(27)29-16)12(2)22(11)15-6-4-13(5-7-15)19(26)28-3/h4-9H,10H2,1-3H3,(H,23,24)/b16-9+. The number of methoxy groups -OCH3 is 1. The number of ether oxygens (including phenoxy) is 1. The summed E-state index contributed by atoms with van der Waals surface area (Å²) in [6.45, 7) is 3.11. The largest absolute Gasteiger partial charge is 0.480 e. The van der Waals surface area contributed by atoms with Crippen LogP contribution < -0.4 is 0 Å². The Morgan fingerprint density at radius 2 is 1.83 bits per heavy atom. The zero-order chi connectivity index (χ0) is 21.3. The number of aryl methyl sites for hydroxylation is 1. The van der Waals surface area contributed by atoms with Gasteiger partial charge < -0.3 is 14.4 Å². The van der Waals surface area contributed by atoms with E-state index in [1.807, 2.05) is 24.5 Å². The molecule has 2 aromatic rings. The summed E-state index contributed by atoms with van der Waals surface area (Å²) in [4.78, 5) is 47.6. The molecule has 9 heteroatoms. The molecular formula is C20H18N2O6S. The van der Waals surface area contributed by atoms with Crippen molar-refractivity contribution in [3.8, 4) is 5.69 Å². The Bertz CT molecular complexity index is 1050. The fraction of sp³-hybridized carbons (Fsp3) is 0.200. The second-order valence-electron chi connectivity index (χ2n) is 6.36. The summed E-state index contributed by atoms with van der Waals surface area (Å²) in [5, 5.41) is 8.26. The van der Waals surface area contributed by atoms with Crippen molar-refractivity contribution in [1.29, 1.82) is 0 Å². The molecule has 1 N–H and O–H groups in total. The van der Waals surface area contributed by atoms with E-state index in [-0.39, 0.29) is 4.91 Å². The lowest BCUT2D eigenvalue weighted by molar-refractivity contribution is -0.140. The van der Waals surface area contributed by atoms with Crippen LogP contribution in [0.4, 0.5) is 4.79 Å². The zero-order valence-electron chi connectivity index (χ0n) is 16.0. The van der Waals surface area contributed by atoms with Crippen LogP contribution in [-0.2, 0) is 14.3 Å². The van der Waals surface area contributed by atoms with Gasteiger partial charge in [0.25, 0.3) is 11.1 Å². The molecule has 1 aromatic carbocycles. The van der Waals surface area contributed by atoms with Gasteiger partial charge >= 0.3 is 11.9 Å². The zero-order valence-corrected chi connectivity index (χ0v) is 16.8. The summed E-state index contributed by atoms with van der Waals surface area (Å²) in [5.41, 5.74) is 3.72. The number of rotatable bonds is 5. The van der Waals surface area contributed by atoms with E-state index < -0.39 is 29.6 Å². The molecule has 0 atom stereocenters. The second kappa shape index (κ2) is 7.96. The molecule has 0 spiro atoms. The molecule has 0 saturated carbocycles. The minimum absolute atomic E-state index is 0.178. The number of nitrogens with zero attached hydrogens (tertiary/aromatic N) is 2. The normalized spacial score (nSPS) is 15.3. The van der Waals surface area contributed by atoms with Gasteiger partial charge in [-0.1, -0.05) is 0 Å². The summed E-state index contributed by atoms with van der Waals surface area (Å²) in [7, 11) is 1.32. The highest BCUT2D eigenvalue weighted by Crippen LogP contribution is 2.33. The van der Waals surface area contributed by atoms with Crippen molar-refractivity contribution in [2.45, 2.75) is 13.8 Å². The van der Waals surface area contributed by atoms with Crippen molar-refractivity contribution in [2.75, 3.05) is 13.7 Å². The van der Waals surface area contributed by atoms with E-state index in [0.717, 1.165) is 34.4 Å². The molecule has 2 amide bonds. The number of esters is 1. The van der Waals surface area contributed by atoms with Gasteiger partial charge in [0.2, 0.25) is 0 Å². The highest BCUT2D eigenvalue weighted by atomic mass is 32.2. The number of aromatic nitrogens is 1. The minimum Gasteiger partial charge on any atom is -0.480 e. The number of hydrogen-bond donors (Lipinski definition) is 1. The number of amides is 2. The second-order valence-corrected chi connectivity index (χ2v) is 7.36. The lowest BCUT2D eigenvalue weighted by atomic mass is 10.2. The number of carbonyl (C=O) groups excluding carboxylic acids is 3. The number of thioether (sulfide) groups is 1. The number of carbonyl (C=O) groups is 4. The van der Waals surface area contributed by atoms with Gasteiger partial charge in [-0.15, -0.1) is 0 Å². The van der Waals surface area contributed by atoms with Crippen LogP contribution in [0.1, 0.15) is 27.3 Å². The van der Waals surface area contributed by atoms with E-state index in [4.69, 9.17) is 9.84 Å². The lowest BCUT2D eigenvalue weighted by Crippen LogP contribution is -2.33. The van der Waals surface area contributed by atoms with Gasteiger partial charge in [0, 0.05) is 17.1 Å². The smallest absolute Gasteiger partial charge is 0.337 e. The Balaban J connectivity index is 1.93. The molecule has 0 bridgehead atoms. The number of aliphatic carboxylic acids is 1. The molecule has 3 rings (SSSR count). The first-order valence-electron chi connectivity index (χ1n) is 8.57. The molecule has 0 aliphatic carbocycles. The van der Waals surface area contributed by atoms with Crippen molar-refractivity contribution >= 4 is 40.9 Å². The number of carboxylic acids is 1. The van der Waals surface area contributed by atoms with E-state index in [1.165, 1.54) is 7.11 Å². The van der Waals surface area contributed by atoms with Gasteiger partial charge in [-0.05, 0) is 67.6 Å². The summed E-state index contributed by atoms with van der Waals surface area (Å²) in [6, 6.07) is 8.77. The van der Waals surface area contributed by atoms with Crippen LogP contribution in [0.3, 0.4) is 0 Å². The highest BCUT2D eigenvalue weighted by Gasteiger charge is 2.36. The molecule has 29 heavy (non-hydrogen) atoms. The van der Waals surface area contributed by atoms with Crippen molar-refractivity contribution in [3.63, 3.8) is 0 Å². The van der Waals surface area contributed by atoms with Crippen molar-refractivity contribution < 1.29 is 29.0 Å². The third kappa shape index (κ3) is 3.95. The van der Waals surface area contributed by atoms with Gasteiger partial charge in [-0.25, -0.2) is 4.79 Å². The van der Waals surface area contributed by atoms with Crippen LogP contribution in [0.15, 0.2) is 35.2 Å². The Morgan fingerprint density at radius 1 is 1.17 bits per heavy atom. The van der Waals surface area contributed by atoms with E-state index >= 15 is 0 Å². The van der Waals surface area contributed by atoms with E-state index in [1.54, 1.807) is 30.3 Å². The van der Waals surface area contributed by atoms with E-state index in [0.29, 0.717) is 10.5 Å². The molecule has 1 saturated heterocycles. The van der Waals surface area contributed by atoms with Gasteiger partial charge in [0.05, 0.1) is 17.6 Å². The molecule has 1 aliphatic heterocycles. The number of benzene rings is 1. The summed E-state index contributed by atoms with van der Waals surface area (Å²) < 4.78 is 6.66. The van der Waals surface area contributed by atoms with Crippen molar-refractivity contribution in [3.05, 3.63) is 57.8 Å². The quantitative estimate of drug-likeness (QED) is 0.592. The molecule has 1 fully saturated rings. The minimum atomic E-state index is -1.25. The molecule has 2 heterocycles. The molecule has 1 aromatic heterocycles. The monoisotopic (exact) mass is 414 g/mol. The van der Waals surface area contributed by atoms with Crippen LogP contribution in [0.2, 0.25) is 0 Å². The fourth-order valence-corrected chi connectivity index (χ4v) is 3.94. The average Bonchev–Trinajstić information content (AvgIpc) is 3.11. The van der Waals surface area contributed by atoms with Crippen LogP contribution in [0, 0.1) is 13.8 Å². The SMILES string of the molecule is COC(=O)c1ccc(-n2c(C)cc(/C=C3/SC(=O)N(CC(=O)O)C3=O)c2C)cc1. The Labute approximate surface area is 170 Å². The fourth-order valence-electron chi connectivity index (χ4n) is 3.11. The van der Waals surface area contributed by atoms with Gasteiger partial charge in [-0.2, -0.15) is 0 Å². The Hall–Kier alpha value is -3.33. The van der Waals surface area contributed by atoms with Crippen LogP contribution in [0.25, 0.3) is 11.8 Å². The Morgan fingerprint density at radius 3 is 2.41 bits per heavy atom. The van der Waals surface area contributed by atoms with Crippen molar-refractivity contribution in [2.24, 2.45) is 0 Å². The average molecular weight is 414 g/mol. The molecule has 1 aliphatic rings. The number of carboxylic acid groups (broad SMARTS) is 1. The maximum atomic E-state index is 12.4. The van der Waals surface area contributed by atoms with Crippen LogP contribution >= 0.6 is 11.8 Å². The molecule has 0 unspecified atom stereocenters. The highest BCUT2D eigenvalue weighted by molar-refractivity contribution is 8.18. The predicted octanol–water partition coefficient (Wildman–Crippen LogP) is 3.00. The van der Waals surface area contributed by atoms with Crippen LogP contribution in [0.5, 0.6) is 0 Å². The first-order valence-corrected chi connectivity index (χ1v) is 9.39. The molecule has 150 valence electrons.